The number of pyridine rings is 2. The maximum Gasteiger partial charge on any atom is 0.138 e. The molecule has 24 aromatic carbocycles. The van der Waals surface area contributed by atoms with Crippen molar-refractivity contribution in [1.82, 2.24) is 19.9 Å². The number of rotatable bonds is 12. The van der Waals surface area contributed by atoms with Crippen molar-refractivity contribution < 1.29 is 0 Å². The Balaban J connectivity index is 0.000000106. The molecule has 146 heavy (non-hydrogen) atoms. The Morgan fingerprint density at radius 2 is 0.452 bits per heavy atom. The number of nitrogens with zero attached hydrogens (tertiary/aromatic N) is 3. The molecular weight excluding hydrogens is 1760 g/mol. The normalized spacial score (nSPS) is 13.1. The summed E-state index contributed by atoms with van der Waals surface area (Å²) < 4.78 is 0. The van der Waals surface area contributed by atoms with Gasteiger partial charge in [0.25, 0.3) is 0 Å². The lowest BCUT2D eigenvalue weighted by molar-refractivity contribution is 0.757. The average molecular weight is 1850 g/mol. The number of aromatic nitrogens is 4. The highest BCUT2D eigenvalue weighted by Crippen LogP contribution is 2.64. The molecule has 3 aromatic heterocycles. The topological polar surface area (TPSA) is 54.5 Å². The lowest BCUT2D eigenvalue weighted by atomic mass is 9.58. The van der Waals surface area contributed by atoms with Gasteiger partial charge < -0.3 is 4.98 Å². The van der Waals surface area contributed by atoms with Crippen molar-refractivity contribution in [3.8, 4) is 101 Å². The van der Waals surface area contributed by atoms with Crippen LogP contribution < -0.4 is 0 Å². The zero-order valence-corrected chi connectivity index (χ0v) is 79.9. The second-order valence-corrected chi connectivity index (χ2v) is 38.8. The Morgan fingerprint density at radius 3 is 0.822 bits per heavy atom. The maximum absolute atomic E-state index is 4.87. The summed E-state index contributed by atoms with van der Waals surface area (Å²) in [6, 6.07) is 198. The minimum absolute atomic E-state index is 0.519. The zero-order chi connectivity index (χ0) is 96.4. The zero-order valence-electron chi connectivity index (χ0n) is 79.9. The van der Waals surface area contributed by atoms with E-state index in [-0.39, 0.29) is 0 Å². The van der Waals surface area contributed by atoms with Gasteiger partial charge in [-0.3, -0.25) is 9.97 Å². The highest BCUT2D eigenvalue weighted by atomic mass is 14.9. The van der Waals surface area contributed by atoms with Crippen LogP contribution in [0.5, 0.6) is 0 Å². The van der Waals surface area contributed by atoms with Crippen LogP contribution in [0.2, 0.25) is 0 Å². The predicted molar refractivity (Wildman–Crippen MR) is 609 cm³/mol. The molecule has 0 amide bonds. The molecule has 27 aromatic rings. The predicted octanol–water partition coefficient (Wildman–Crippen LogP) is 36.0. The summed E-state index contributed by atoms with van der Waals surface area (Å²) >= 11 is 0. The van der Waals surface area contributed by atoms with E-state index >= 15 is 0 Å². The number of H-pyrrole nitrogens is 1. The molecule has 1 N–H and O–H groups in total. The van der Waals surface area contributed by atoms with Gasteiger partial charge >= 0.3 is 0 Å². The number of hydrogen-bond acceptors (Lipinski definition) is 3. The molecular formula is C142H92N4. The second kappa shape index (κ2) is 34.8. The third-order valence-corrected chi connectivity index (χ3v) is 31.4. The van der Waals surface area contributed by atoms with Crippen molar-refractivity contribution in [2.75, 3.05) is 0 Å². The molecule has 680 valence electrons. The first-order chi connectivity index (χ1) is 72.5. The number of nitrogens with one attached hydrogen (secondary N) is 1. The third-order valence-electron chi connectivity index (χ3n) is 31.4. The molecule has 3 aliphatic carbocycles. The lowest BCUT2D eigenvalue weighted by Crippen LogP contribution is -2.34. The molecule has 0 atom stereocenters. The SMILES string of the molecule is c1ccc(C2(c3ccccc3)c3ccccc3-c3cccc4c(-c5ccc(-c6nc7ccccc7[nH]6)cc5)c5ccccc5c2c34)cc1.c1ccc(C2(c3ccccc3)c3ccccc3-c3cccc4c(-c5ccc6cc(-c7ccccn7)ccc6c5)c5ccccc5c2c34)cc1.c1ccc(C2(c3ccccc3)c3ccccc3-c3cccc4c(-c5ccc6ccc(-c7ccccn7)cc6c5)c5ccccc5c2c34)cc1. The van der Waals surface area contributed by atoms with Crippen molar-refractivity contribution in [3.63, 3.8) is 0 Å². The minimum Gasteiger partial charge on any atom is -0.338 e. The van der Waals surface area contributed by atoms with E-state index in [9.17, 15) is 0 Å². The molecule has 0 unspecified atom stereocenters. The number of fused-ring (bicyclic) bond motifs is 15. The van der Waals surface area contributed by atoms with E-state index in [1.807, 2.05) is 54.9 Å². The van der Waals surface area contributed by atoms with Gasteiger partial charge in [-0.15, -0.1) is 0 Å². The Morgan fingerprint density at radius 1 is 0.178 bits per heavy atom. The summed E-state index contributed by atoms with van der Waals surface area (Å²) in [4.78, 5) is 17.6. The number of benzene rings is 24. The van der Waals surface area contributed by atoms with Gasteiger partial charge in [-0.2, -0.15) is 0 Å². The first-order valence-corrected chi connectivity index (χ1v) is 50.5. The standard InChI is InChI=1S/2C48H31N.C46H30N2/c1-3-14-36(15-4-1)48(37-16-5-2-6-17-37)43-23-10-9-18-38(43)39-21-13-22-42-45(40-19-7-8-20-41(40)47(48)46(39)42)35-28-26-32-30-34(27-25-33(32)31-35)44-24-11-12-29-49-44;1-3-14-36(15-4-1)48(37-16-5-2-6-17-37)43-23-10-9-18-38(43)39-21-13-22-42-45(40-19-7-8-20-41(40)47(48)46(39)42)34-28-26-32-25-27-33(30-35(32)31-34)44-24-11-12-29-49-44;1-3-14-32(15-4-1)46(33-16-5-2-6-17-33)39-23-10-9-18-34(39)35-21-13-22-38-42(36-19-7-8-20-37(36)44(46)43(35)38)30-26-28-31(29-27-30)45-47-40-24-11-12-25-41(40)48-45/h2*1-31H;1-29H,(H,47,48). The molecule has 30 rings (SSSR count). The van der Waals surface area contributed by atoms with Crippen LogP contribution in [0.15, 0.2) is 552 Å². The Labute approximate surface area is 846 Å². The molecule has 0 fully saturated rings. The molecule has 0 bridgehead atoms. The summed E-state index contributed by atoms with van der Waals surface area (Å²) in [7, 11) is 0. The second-order valence-electron chi connectivity index (χ2n) is 38.8. The molecule has 0 aliphatic heterocycles. The fourth-order valence-electron chi connectivity index (χ4n) is 25.5. The summed E-state index contributed by atoms with van der Waals surface area (Å²) in [5, 5.41) is 20.3. The molecule has 4 nitrogen and oxygen atoms in total. The van der Waals surface area contributed by atoms with Crippen LogP contribution in [-0.2, 0) is 16.2 Å². The van der Waals surface area contributed by atoms with E-state index in [1.165, 1.54) is 220 Å². The van der Waals surface area contributed by atoms with Crippen LogP contribution in [-0.4, -0.2) is 19.9 Å². The lowest BCUT2D eigenvalue weighted by Gasteiger charge is -2.43. The van der Waals surface area contributed by atoms with Crippen molar-refractivity contribution in [1.29, 1.82) is 0 Å². The molecule has 4 heteroatoms. The number of imidazole rings is 1. The Kier molecular flexibility index (Phi) is 20.3. The van der Waals surface area contributed by atoms with Crippen molar-refractivity contribution in [3.05, 3.63) is 619 Å². The molecule has 3 heterocycles. The number of para-hydroxylation sites is 2. The van der Waals surface area contributed by atoms with Crippen LogP contribution in [0.1, 0.15) is 66.8 Å². The van der Waals surface area contributed by atoms with Crippen LogP contribution in [0.25, 0.3) is 198 Å². The molecule has 3 aliphatic rings. The highest BCUT2D eigenvalue weighted by molar-refractivity contribution is 6.25. The van der Waals surface area contributed by atoms with Crippen molar-refractivity contribution >= 4 is 97.2 Å². The quantitative estimate of drug-likeness (QED) is 0.124. The third kappa shape index (κ3) is 13.2. The van der Waals surface area contributed by atoms with Gasteiger partial charge in [0.1, 0.15) is 5.82 Å². The van der Waals surface area contributed by atoms with Gasteiger partial charge in [-0.05, 0) is 280 Å². The van der Waals surface area contributed by atoms with Crippen molar-refractivity contribution in [2.45, 2.75) is 16.2 Å². The molecule has 0 saturated heterocycles. The fraction of sp³-hybridized carbons (Fsp3) is 0.0211. The fourth-order valence-corrected chi connectivity index (χ4v) is 25.5. The summed E-state index contributed by atoms with van der Waals surface area (Å²) in [6.07, 6.45) is 3.72. The van der Waals surface area contributed by atoms with Crippen LogP contribution >= 0.6 is 0 Å². The van der Waals surface area contributed by atoms with E-state index in [2.05, 4.69) is 512 Å². The van der Waals surface area contributed by atoms with Gasteiger partial charge in [0.05, 0.1) is 38.7 Å². The van der Waals surface area contributed by atoms with Crippen LogP contribution in [0.4, 0.5) is 0 Å². The van der Waals surface area contributed by atoms with E-state index in [1.54, 1.807) is 0 Å². The van der Waals surface area contributed by atoms with Gasteiger partial charge in [0.2, 0.25) is 0 Å². The summed E-state index contributed by atoms with van der Waals surface area (Å²) in [6.45, 7) is 0. The van der Waals surface area contributed by atoms with Crippen LogP contribution in [0, 0.1) is 0 Å². The van der Waals surface area contributed by atoms with Crippen LogP contribution in [0.3, 0.4) is 0 Å². The monoisotopic (exact) mass is 1850 g/mol. The molecule has 0 radical (unpaired) electrons. The maximum atomic E-state index is 4.87. The average Bonchev–Trinajstić information content (AvgIpc) is 0.886. The minimum atomic E-state index is -0.523. The highest BCUT2D eigenvalue weighted by Gasteiger charge is 2.50. The number of aromatic amines is 1. The summed E-state index contributed by atoms with van der Waals surface area (Å²) in [5.74, 6) is 0.886. The van der Waals surface area contributed by atoms with Gasteiger partial charge in [0.15, 0.2) is 0 Å². The van der Waals surface area contributed by atoms with E-state index in [4.69, 9.17) is 4.98 Å². The first-order valence-electron chi connectivity index (χ1n) is 50.5. The van der Waals surface area contributed by atoms with E-state index < -0.39 is 16.2 Å². The summed E-state index contributed by atoms with van der Waals surface area (Å²) in [5.41, 5.74) is 36.6. The smallest absolute Gasteiger partial charge is 0.138 e. The Hall–Kier alpha value is -18.9. The van der Waals surface area contributed by atoms with E-state index in [0.29, 0.717) is 0 Å². The largest absolute Gasteiger partial charge is 0.338 e. The Bertz CT molecular complexity index is 9680. The molecule has 0 saturated carbocycles. The van der Waals surface area contributed by atoms with Gasteiger partial charge in [-0.1, -0.05) is 479 Å². The molecule has 0 spiro atoms. The van der Waals surface area contributed by atoms with Gasteiger partial charge in [0, 0.05) is 29.1 Å². The number of hydrogen-bond donors (Lipinski definition) is 1. The first kappa shape index (κ1) is 85.1. The van der Waals surface area contributed by atoms with E-state index in [0.717, 1.165) is 44.9 Å². The van der Waals surface area contributed by atoms with Crippen molar-refractivity contribution in [2.24, 2.45) is 0 Å². The van der Waals surface area contributed by atoms with Gasteiger partial charge in [-0.25, -0.2) is 4.98 Å².